The highest BCUT2D eigenvalue weighted by Crippen LogP contribution is 2.32. The summed E-state index contributed by atoms with van der Waals surface area (Å²) in [5.41, 5.74) is 0.169. The van der Waals surface area contributed by atoms with E-state index in [9.17, 15) is 14.4 Å². The topological polar surface area (TPSA) is 78.5 Å². The molecule has 0 aliphatic carbocycles. The van der Waals surface area contributed by atoms with Gasteiger partial charge in [-0.2, -0.15) is 0 Å². The zero-order valence-corrected chi connectivity index (χ0v) is 15.7. The van der Waals surface area contributed by atoms with Crippen molar-refractivity contribution in [3.8, 4) is 0 Å². The molecule has 1 unspecified atom stereocenters. The summed E-state index contributed by atoms with van der Waals surface area (Å²) >= 11 is 3.32. The average Bonchev–Trinajstić information content (AvgIpc) is 2.89. The maximum absolute atomic E-state index is 13.0. The molecule has 2 aromatic carbocycles. The number of hydrogen-bond donors (Lipinski definition) is 2. The molecule has 26 heavy (non-hydrogen) atoms. The van der Waals surface area contributed by atoms with Crippen LogP contribution in [0.25, 0.3) is 0 Å². The van der Waals surface area contributed by atoms with Crippen molar-refractivity contribution in [3.63, 3.8) is 0 Å². The smallest absolute Gasteiger partial charge is 0.325 e. The lowest BCUT2D eigenvalue weighted by atomic mass is 9.87. The van der Waals surface area contributed by atoms with Gasteiger partial charge in [-0.1, -0.05) is 53.2 Å². The molecule has 0 bridgehead atoms. The maximum atomic E-state index is 13.0. The van der Waals surface area contributed by atoms with E-state index in [2.05, 4.69) is 26.6 Å². The Balaban J connectivity index is 1.76. The number of halogens is 1. The molecule has 134 valence electrons. The van der Waals surface area contributed by atoms with E-state index in [1.807, 2.05) is 25.1 Å². The molecule has 0 aromatic heterocycles. The first-order valence-corrected chi connectivity index (χ1v) is 9.00. The van der Waals surface area contributed by atoms with Crippen molar-refractivity contribution < 1.29 is 14.4 Å². The van der Waals surface area contributed by atoms with Crippen LogP contribution in [0.2, 0.25) is 0 Å². The zero-order valence-electron chi connectivity index (χ0n) is 14.2. The van der Waals surface area contributed by atoms with Gasteiger partial charge in [-0.05, 0) is 36.2 Å². The fourth-order valence-corrected chi connectivity index (χ4v) is 3.27. The van der Waals surface area contributed by atoms with Gasteiger partial charge in [0.05, 0.1) is 0 Å². The first kappa shape index (κ1) is 18.1. The number of benzene rings is 2. The van der Waals surface area contributed by atoms with Gasteiger partial charge >= 0.3 is 6.03 Å². The van der Waals surface area contributed by atoms with Crippen LogP contribution in [0.1, 0.15) is 18.9 Å². The van der Waals surface area contributed by atoms with Gasteiger partial charge in [0.25, 0.3) is 5.91 Å². The number of imide groups is 1. The Morgan fingerprint density at radius 2 is 1.77 bits per heavy atom. The van der Waals surface area contributed by atoms with E-state index in [0.717, 1.165) is 9.37 Å². The van der Waals surface area contributed by atoms with Crippen molar-refractivity contribution in [3.05, 3.63) is 64.6 Å². The summed E-state index contributed by atoms with van der Waals surface area (Å²) < 4.78 is 0.889. The van der Waals surface area contributed by atoms with E-state index >= 15 is 0 Å². The van der Waals surface area contributed by atoms with E-state index in [1.54, 1.807) is 36.4 Å². The minimum Gasteiger partial charge on any atom is -0.325 e. The summed E-state index contributed by atoms with van der Waals surface area (Å²) in [7, 11) is 0. The second kappa shape index (κ2) is 7.29. The van der Waals surface area contributed by atoms with Crippen LogP contribution in [0.5, 0.6) is 0 Å². The van der Waals surface area contributed by atoms with Crippen LogP contribution < -0.4 is 10.6 Å². The minimum absolute atomic E-state index is 0.338. The van der Waals surface area contributed by atoms with Crippen molar-refractivity contribution in [1.82, 2.24) is 10.2 Å². The summed E-state index contributed by atoms with van der Waals surface area (Å²) in [4.78, 5) is 38.6. The van der Waals surface area contributed by atoms with Crippen molar-refractivity contribution in [1.29, 1.82) is 0 Å². The van der Waals surface area contributed by atoms with Crippen LogP contribution in [0.3, 0.4) is 0 Å². The van der Waals surface area contributed by atoms with Crippen molar-refractivity contribution in [2.75, 3.05) is 11.9 Å². The lowest BCUT2D eigenvalue weighted by molar-refractivity contribution is -0.134. The largest absolute Gasteiger partial charge is 0.325 e. The van der Waals surface area contributed by atoms with Crippen molar-refractivity contribution >= 4 is 39.5 Å². The fourth-order valence-electron chi connectivity index (χ4n) is 3.01. The van der Waals surface area contributed by atoms with Gasteiger partial charge in [-0.3, -0.25) is 14.5 Å². The standard InChI is InChI=1S/C19H18BrN3O3/c1-2-19(13-6-4-3-5-7-13)17(25)23(18(26)22-19)12-16(24)21-15-10-8-14(20)9-11-15/h3-11H,2,12H2,1H3,(H,21,24)(H,22,26). The number of nitrogens with one attached hydrogen (secondary N) is 2. The molecule has 0 radical (unpaired) electrons. The number of anilines is 1. The summed E-state index contributed by atoms with van der Waals surface area (Å²) in [6.45, 7) is 1.49. The quantitative estimate of drug-likeness (QED) is 0.735. The average molecular weight is 416 g/mol. The van der Waals surface area contributed by atoms with Crippen LogP contribution in [0, 0.1) is 0 Å². The molecule has 7 heteroatoms. The third-order valence-corrected chi connectivity index (χ3v) is 4.93. The third kappa shape index (κ3) is 3.35. The summed E-state index contributed by atoms with van der Waals surface area (Å²) in [5.74, 6) is -0.849. The second-order valence-electron chi connectivity index (χ2n) is 6.00. The number of carbonyl (C=O) groups is 3. The van der Waals surface area contributed by atoms with Crippen molar-refractivity contribution in [2.45, 2.75) is 18.9 Å². The van der Waals surface area contributed by atoms with E-state index < -0.39 is 23.4 Å². The molecule has 1 atom stereocenters. The van der Waals surface area contributed by atoms with Gasteiger partial charge in [0.15, 0.2) is 0 Å². The Hall–Kier alpha value is -2.67. The van der Waals surface area contributed by atoms with Crippen LogP contribution in [0.4, 0.5) is 10.5 Å². The number of amides is 4. The zero-order chi connectivity index (χ0) is 18.7. The second-order valence-corrected chi connectivity index (χ2v) is 6.92. The highest BCUT2D eigenvalue weighted by Gasteiger charge is 2.51. The lowest BCUT2D eigenvalue weighted by Crippen LogP contribution is -2.44. The van der Waals surface area contributed by atoms with Gasteiger partial charge in [-0.25, -0.2) is 4.79 Å². The Bertz CT molecular complexity index is 839. The van der Waals surface area contributed by atoms with E-state index in [4.69, 9.17) is 0 Å². The van der Waals surface area contributed by atoms with Gasteiger partial charge < -0.3 is 10.6 Å². The molecule has 3 rings (SSSR count). The molecule has 4 amide bonds. The van der Waals surface area contributed by atoms with Crippen molar-refractivity contribution in [2.24, 2.45) is 0 Å². The Kier molecular flexibility index (Phi) is 5.08. The van der Waals surface area contributed by atoms with E-state index in [1.165, 1.54) is 0 Å². The van der Waals surface area contributed by atoms with Crippen LogP contribution in [0.15, 0.2) is 59.1 Å². The van der Waals surface area contributed by atoms with Crippen LogP contribution >= 0.6 is 15.9 Å². The number of hydrogen-bond acceptors (Lipinski definition) is 3. The predicted molar refractivity (Wildman–Crippen MR) is 101 cm³/mol. The first-order valence-electron chi connectivity index (χ1n) is 8.21. The number of nitrogens with zero attached hydrogens (tertiary/aromatic N) is 1. The number of carbonyl (C=O) groups excluding carboxylic acids is 3. The van der Waals surface area contributed by atoms with Gasteiger partial charge in [0.2, 0.25) is 5.91 Å². The fraction of sp³-hybridized carbons (Fsp3) is 0.211. The Labute approximate surface area is 159 Å². The molecule has 1 aliphatic rings. The molecule has 2 N–H and O–H groups in total. The normalized spacial score (nSPS) is 19.4. The molecule has 0 saturated carbocycles. The molecule has 1 fully saturated rings. The summed E-state index contributed by atoms with van der Waals surface area (Å²) in [5, 5.41) is 5.45. The predicted octanol–water partition coefficient (Wildman–Crippen LogP) is 3.24. The van der Waals surface area contributed by atoms with E-state index in [-0.39, 0.29) is 6.54 Å². The molecular formula is C19H18BrN3O3. The molecule has 1 saturated heterocycles. The van der Waals surface area contributed by atoms with Crippen LogP contribution in [-0.4, -0.2) is 29.3 Å². The Morgan fingerprint density at radius 1 is 1.12 bits per heavy atom. The minimum atomic E-state index is -1.13. The molecule has 1 heterocycles. The maximum Gasteiger partial charge on any atom is 0.325 e. The van der Waals surface area contributed by atoms with Gasteiger partial charge in [0.1, 0.15) is 12.1 Å². The molecule has 2 aromatic rings. The summed E-state index contributed by atoms with van der Waals surface area (Å²) in [6, 6.07) is 15.6. The highest BCUT2D eigenvalue weighted by atomic mass is 79.9. The number of rotatable bonds is 5. The van der Waals surface area contributed by atoms with Gasteiger partial charge in [0, 0.05) is 10.2 Å². The first-order chi connectivity index (χ1) is 12.5. The molecular weight excluding hydrogens is 398 g/mol. The third-order valence-electron chi connectivity index (χ3n) is 4.40. The molecule has 6 nitrogen and oxygen atoms in total. The molecule has 0 spiro atoms. The van der Waals surface area contributed by atoms with Gasteiger partial charge in [-0.15, -0.1) is 0 Å². The summed E-state index contributed by atoms with van der Waals surface area (Å²) in [6.07, 6.45) is 0.395. The Morgan fingerprint density at radius 3 is 2.38 bits per heavy atom. The lowest BCUT2D eigenvalue weighted by Gasteiger charge is -2.25. The highest BCUT2D eigenvalue weighted by molar-refractivity contribution is 9.10. The number of urea groups is 1. The molecule has 1 aliphatic heterocycles. The van der Waals surface area contributed by atoms with E-state index in [0.29, 0.717) is 17.7 Å². The monoisotopic (exact) mass is 415 g/mol. The SMILES string of the molecule is CCC1(c2ccccc2)NC(=O)N(CC(=O)Nc2ccc(Br)cc2)C1=O. The van der Waals surface area contributed by atoms with Crippen LogP contribution in [-0.2, 0) is 15.1 Å².